The summed E-state index contributed by atoms with van der Waals surface area (Å²) in [4.78, 5) is 24.0. The number of carbonyl (C=O) groups excluding carboxylic acids is 1. The molecule has 0 aliphatic carbocycles. The smallest absolute Gasteiger partial charge is 0.167 e. The maximum Gasteiger partial charge on any atom is 0.167 e. The zero-order valence-corrected chi connectivity index (χ0v) is 14.0. The second-order valence-electron chi connectivity index (χ2n) is 5.18. The highest BCUT2D eigenvalue weighted by atomic mass is 35.5. The van der Waals surface area contributed by atoms with Crippen molar-refractivity contribution in [3.8, 4) is 0 Å². The Balaban J connectivity index is 1.52. The summed E-state index contributed by atoms with van der Waals surface area (Å²) in [7, 11) is 0. The Kier molecular flexibility index (Phi) is 5.56. The third kappa shape index (κ3) is 4.26. The normalized spacial score (nSPS) is 17.2. The van der Waals surface area contributed by atoms with Gasteiger partial charge in [-0.15, -0.1) is 11.3 Å². The lowest BCUT2D eigenvalue weighted by molar-refractivity contribution is -0.133. The number of nitrogens with zero attached hydrogens (tertiary/aromatic N) is 4. The SMILES string of the molecule is O=CC(OCc1cscn1)N1CCN(c2ccc(Cl)cn2)CC1. The molecule has 0 N–H and O–H groups in total. The lowest BCUT2D eigenvalue weighted by atomic mass is 10.3. The van der Waals surface area contributed by atoms with Crippen LogP contribution in [-0.2, 0) is 16.1 Å². The average molecular weight is 353 g/mol. The molecule has 1 aliphatic heterocycles. The predicted octanol–water partition coefficient (Wildman–Crippen LogP) is 2.06. The van der Waals surface area contributed by atoms with Gasteiger partial charge >= 0.3 is 0 Å². The van der Waals surface area contributed by atoms with Crippen LogP contribution in [0.5, 0.6) is 0 Å². The quantitative estimate of drug-likeness (QED) is 0.742. The van der Waals surface area contributed by atoms with E-state index in [1.165, 1.54) is 11.3 Å². The van der Waals surface area contributed by atoms with Crippen LogP contribution >= 0.6 is 22.9 Å². The molecule has 1 aliphatic rings. The molecule has 1 atom stereocenters. The maximum absolute atomic E-state index is 11.3. The Labute approximate surface area is 143 Å². The third-order valence-electron chi connectivity index (χ3n) is 3.71. The first-order valence-electron chi connectivity index (χ1n) is 7.31. The number of piperazine rings is 1. The molecule has 0 saturated carbocycles. The molecule has 0 aromatic carbocycles. The minimum atomic E-state index is -0.531. The number of carbonyl (C=O) groups is 1. The fourth-order valence-electron chi connectivity index (χ4n) is 2.47. The third-order valence-corrected chi connectivity index (χ3v) is 4.57. The molecule has 0 bridgehead atoms. The molecule has 0 amide bonds. The highest BCUT2D eigenvalue weighted by Crippen LogP contribution is 2.17. The summed E-state index contributed by atoms with van der Waals surface area (Å²) in [5.41, 5.74) is 2.61. The van der Waals surface area contributed by atoms with Gasteiger partial charge in [0.1, 0.15) is 5.82 Å². The van der Waals surface area contributed by atoms with Crippen molar-refractivity contribution >= 4 is 35.0 Å². The van der Waals surface area contributed by atoms with Gasteiger partial charge in [0.2, 0.25) is 0 Å². The van der Waals surface area contributed by atoms with E-state index in [2.05, 4.69) is 14.9 Å². The predicted molar refractivity (Wildman–Crippen MR) is 89.8 cm³/mol. The highest BCUT2D eigenvalue weighted by molar-refractivity contribution is 7.07. The van der Waals surface area contributed by atoms with E-state index in [-0.39, 0.29) is 0 Å². The summed E-state index contributed by atoms with van der Waals surface area (Å²) < 4.78 is 5.68. The maximum atomic E-state index is 11.3. The molecule has 0 spiro atoms. The monoisotopic (exact) mass is 352 g/mol. The second-order valence-corrected chi connectivity index (χ2v) is 6.33. The molecule has 122 valence electrons. The van der Waals surface area contributed by atoms with Crippen LogP contribution in [0, 0.1) is 0 Å². The second kappa shape index (κ2) is 7.83. The van der Waals surface area contributed by atoms with E-state index in [1.54, 1.807) is 11.7 Å². The van der Waals surface area contributed by atoms with Gasteiger partial charge in [0.25, 0.3) is 0 Å². The van der Waals surface area contributed by atoms with Crippen molar-refractivity contribution in [3.05, 3.63) is 39.9 Å². The van der Waals surface area contributed by atoms with Crippen LogP contribution in [-0.4, -0.2) is 53.6 Å². The van der Waals surface area contributed by atoms with Crippen molar-refractivity contribution in [2.24, 2.45) is 0 Å². The highest BCUT2D eigenvalue weighted by Gasteiger charge is 2.24. The molecule has 0 radical (unpaired) electrons. The first-order chi connectivity index (χ1) is 11.3. The number of anilines is 1. The van der Waals surface area contributed by atoms with Crippen molar-refractivity contribution in [2.75, 3.05) is 31.1 Å². The Morgan fingerprint density at radius 1 is 1.30 bits per heavy atom. The lowest BCUT2D eigenvalue weighted by Crippen LogP contribution is -2.51. The van der Waals surface area contributed by atoms with Gasteiger partial charge in [0.05, 0.1) is 22.8 Å². The molecule has 1 unspecified atom stereocenters. The molecule has 2 aromatic rings. The Bertz CT molecular complexity index is 615. The number of hydrogen-bond donors (Lipinski definition) is 0. The molecule has 1 saturated heterocycles. The number of ether oxygens (including phenoxy) is 1. The van der Waals surface area contributed by atoms with Gasteiger partial charge < -0.3 is 9.64 Å². The average Bonchev–Trinajstić information content (AvgIpc) is 3.10. The Hall–Kier alpha value is -1.54. The van der Waals surface area contributed by atoms with Crippen LogP contribution in [0.1, 0.15) is 5.69 Å². The van der Waals surface area contributed by atoms with Gasteiger partial charge in [-0.1, -0.05) is 11.6 Å². The number of pyridine rings is 1. The molecule has 3 rings (SSSR count). The number of aromatic nitrogens is 2. The van der Waals surface area contributed by atoms with E-state index in [1.807, 2.05) is 22.4 Å². The van der Waals surface area contributed by atoms with Gasteiger partial charge in [0, 0.05) is 37.8 Å². The fraction of sp³-hybridized carbons (Fsp3) is 0.400. The Morgan fingerprint density at radius 3 is 2.74 bits per heavy atom. The summed E-state index contributed by atoms with van der Waals surface area (Å²) in [5.74, 6) is 0.903. The van der Waals surface area contributed by atoms with Crippen molar-refractivity contribution in [2.45, 2.75) is 12.8 Å². The van der Waals surface area contributed by atoms with E-state index >= 15 is 0 Å². The van der Waals surface area contributed by atoms with Crippen LogP contribution in [0.15, 0.2) is 29.2 Å². The number of aldehydes is 1. The summed E-state index contributed by atoms with van der Waals surface area (Å²) in [5, 5.41) is 2.55. The number of halogens is 1. The number of hydrogen-bond acceptors (Lipinski definition) is 7. The molecule has 3 heterocycles. The van der Waals surface area contributed by atoms with Crippen molar-refractivity contribution in [3.63, 3.8) is 0 Å². The number of rotatable bonds is 6. The van der Waals surface area contributed by atoms with Crippen LogP contribution in [0.4, 0.5) is 5.82 Å². The zero-order chi connectivity index (χ0) is 16.1. The van der Waals surface area contributed by atoms with E-state index < -0.39 is 6.23 Å². The molecule has 23 heavy (non-hydrogen) atoms. The van der Waals surface area contributed by atoms with Gasteiger partial charge in [-0.2, -0.15) is 0 Å². The summed E-state index contributed by atoms with van der Waals surface area (Å²) in [6, 6.07) is 3.75. The summed E-state index contributed by atoms with van der Waals surface area (Å²) in [6.45, 7) is 3.42. The van der Waals surface area contributed by atoms with Crippen molar-refractivity contribution in [1.82, 2.24) is 14.9 Å². The van der Waals surface area contributed by atoms with Crippen molar-refractivity contribution < 1.29 is 9.53 Å². The fourth-order valence-corrected chi connectivity index (χ4v) is 3.13. The van der Waals surface area contributed by atoms with Gasteiger partial charge in [0.15, 0.2) is 12.5 Å². The largest absolute Gasteiger partial charge is 0.354 e. The van der Waals surface area contributed by atoms with Crippen LogP contribution < -0.4 is 4.90 Å². The minimum absolute atomic E-state index is 0.353. The molecule has 2 aromatic heterocycles. The zero-order valence-electron chi connectivity index (χ0n) is 12.5. The first-order valence-corrected chi connectivity index (χ1v) is 8.63. The molecule has 1 fully saturated rings. The first kappa shape index (κ1) is 16.3. The van der Waals surface area contributed by atoms with Gasteiger partial charge in [-0.05, 0) is 12.1 Å². The molecular weight excluding hydrogens is 336 g/mol. The topological polar surface area (TPSA) is 58.6 Å². The molecule has 8 heteroatoms. The molecular formula is C15H17ClN4O2S. The minimum Gasteiger partial charge on any atom is -0.354 e. The van der Waals surface area contributed by atoms with Crippen LogP contribution in [0.2, 0.25) is 5.02 Å². The number of thiazole rings is 1. The Morgan fingerprint density at radius 2 is 2.13 bits per heavy atom. The van der Waals surface area contributed by atoms with E-state index in [0.29, 0.717) is 11.6 Å². The van der Waals surface area contributed by atoms with Gasteiger partial charge in [-0.3, -0.25) is 9.69 Å². The molecule has 6 nitrogen and oxygen atoms in total. The van der Waals surface area contributed by atoms with E-state index in [0.717, 1.165) is 44.0 Å². The van der Waals surface area contributed by atoms with Crippen LogP contribution in [0.25, 0.3) is 0 Å². The van der Waals surface area contributed by atoms with Crippen molar-refractivity contribution in [1.29, 1.82) is 0 Å². The summed E-state index contributed by atoms with van der Waals surface area (Å²) >= 11 is 7.38. The summed E-state index contributed by atoms with van der Waals surface area (Å²) in [6.07, 6.45) is 1.97. The lowest BCUT2D eigenvalue weighted by Gasteiger charge is -2.37. The van der Waals surface area contributed by atoms with E-state index in [9.17, 15) is 4.79 Å². The van der Waals surface area contributed by atoms with E-state index in [4.69, 9.17) is 16.3 Å². The van der Waals surface area contributed by atoms with Gasteiger partial charge in [-0.25, -0.2) is 9.97 Å². The van der Waals surface area contributed by atoms with Crippen LogP contribution in [0.3, 0.4) is 0 Å². The standard InChI is InChI=1S/C15H17ClN4O2S/c16-12-1-2-14(17-7-12)19-3-5-20(6-4-19)15(8-21)22-9-13-10-23-11-18-13/h1-2,7-8,10-11,15H,3-6,9H2.